The Morgan fingerprint density at radius 3 is 2.73 bits per heavy atom. The van der Waals surface area contributed by atoms with Gasteiger partial charge in [-0.15, -0.1) is 0 Å². The Bertz CT molecular complexity index is 1100. The maximum absolute atomic E-state index is 13.0. The van der Waals surface area contributed by atoms with Crippen LogP contribution in [-0.4, -0.2) is 29.6 Å². The topological polar surface area (TPSA) is 70.7 Å². The van der Waals surface area contributed by atoms with Crippen molar-refractivity contribution >= 4 is 44.2 Å². The second-order valence-corrected chi connectivity index (χ2v) is 8.06. The van der Waals surface area contributed by atoms with E-state index in [0.717, 1.165) is 27.4 Å². The third-order valence-corrected chi connectivity index (χ3v) is 5.46. The lowest BCUT2D eigenvalue weighted by molar-refractivity contribution is -0.127. The molecule has 1 aliphatic heterocycles. The van der Waals surface area contributed by atoms with Crippen LogP contribution in [0.4, 0.5) is 5.69 Å². The molecule has 0 fully saturated rings. The Hall–Kier alpha value is -3.06. The van der Waals surface area contributed by atoms with Gasteiger partial charge in [0, 0.05) is 10.2 Å². The number of hydrogen-bond acceptors (Lipinski definition) is 4. The lowest BCUT2D eigenvalue weighted by Gasteiger charge is -2.37. The molecule has 2 N–H and O–H groups in total. The van der Waals surface area contributed by atoms with Gasteiger partial charge < -0.3 is 10.1 Å². The van der Waals surface area contributed by atoms with Crippen molar-refractivity contribution in [1.82, 2.24) is 10.4 Å². The molecule has 154 valence electrons. The SMILES string of the molecule is CCCC1Nc2ccc(Br)cc2C(=O)N1NC(=O)COc1ccc2ccccc2c1. The van der Waals surface area contributed by atoms with Gasteiger partial charge in [-0.3, -0.25) is 15.0 Å². The third-order valence-electron chi connectivity index (χ3n) is 4.96. The largest absolute Gasteiger partial charge is 0.484 e. The average Bonchev–Trinajstić information content (AvgIpc) is 2.75. The summed E-state index contributed by atoms with van der Waals surface area (Å²) in [5, 5.41) is 6.84. The number of carbonyl (C=O) groups is 2. The minimum Gasteiger partial charge on any atom is -0.484 e. The van der Waals surface area contributed by atoms with Crippen molar-refractivity contribution in [2.75, 3.05) is 11.9 Å². The monoisotopic (exact) mass is 467 g/mol. The summed E-state index contributed by atoms with van der Waals surface area (Å²) in [6.45, 7) is 1.85. The van der Waals surface area contributed by atoms with Gasteiger partial charge in [-0.2, -0.15) is 0 Å². The second-order valence-electron chi connectivity index (χ2n) is 7.15. The van der Waals surface area contributed by atoms with E-state index in [0.29, 0.717) is 17.7 Å². The number of ether oxygens (including phenoxy) is 1. The molecule has 30 heavy (non-hydrogen) atoms. The molecular formula is C23H22BrN3O3. The second kappa shape index (κ2) is 8.75. The first-order chi connectivity index (χ1) is 14.5. The first-order valence-electron chi connectivity index (χ1n) is 9.86. The van der Waals surface area contributed by atoms with Crippen LogP contribution < -0.4 is 15.5 Å². The molecule has 0 saturated heterocycles. The molecule has 1 unspecified atom stereocenters. The summed E-state index contributed by atoms with van der Waals surface area (Å²) in [6.07, 6.45) is 1.24. The molecule has 4 rings (SSSR count). The van der Waals surface area contributed by atoms with Gasteiger partial charge in [-0.05, 0) is 47.5 Å². The molecule has 0 bridgehead atoms. The Morgan fingerprint density at radius 2 is 1.93 bits per heavy atom. The van der Waals surface area contributed by atoms with Gasteiger partial charge in [-0.25, -0.2) is 5.01 Å². The van der Waals surface area contributed by atoms with E-state index in [1.165, 1.54) is 5.01 Å². The third kappa shape index (κ3) is 4.26. The smallest absolute Gasteiger partial charge is 0.276 e. The summed E-state index contributed by atoms with van der Waals surface area (Å²) < 4.78 is 6.46. The molecule has 7 heteroatoms. The minimum atomic E-state index is -0.391. The highest BCUT2D eigenvalue weighted by Gasteiger charge is 2.33. The van der Waals surface area contributed by atoms with Gasteiger partial charge in [0.15, 0.2) is 6.61 Å². The van der Waals surface area contributed by atoms with Crippen LogP contribution >= 0.6 is 15.9 Å². The molecule has 0 radical (unpaired) electrons. The molecule has 0 saturated carbocycles. The summed E-state index contributed by atoms with van der Waals surface area (Å²) in [6, 6.07) is 19.1. The van der Waals surface area contributed by atoms with Crippen molar-refractivity contribution in [3.63, 3.8) is 0 Å². The predicted octanol–water partition coefficient (Wildman–Crippen LogP) is 4.71. The highest BCUT2D eigenvalue weighted by molar-refractivity contribution is 9.10. The number of rotatable bonds is 6. The Morgan fingerprint density at radius 1 is 1.13 bits per heavy atom. The fourth-order valence-corrected chi connectivity index (χ4v) is 3.87. The zero-order valence-corrected chi connectivity index (χ0v) is 18.1. The quantitative estimate of drug-likeness (QED) is 0.550. The van der Waals surface area contributed by atoms with E-state index >= 15 is 0 Å². The number of benzene rings is 3. The van der Waals surface area contributed by atoms with Gasteiger partial charge in [0.25, 0.3) is 11.8 Å². The van der Waals surface area contributed by atoms with Gasteiger partial charge >= 0.3 is 0 Å². The molecule has 2 amide bonds. The summed E-state index contributed by atoms with van der Waals surface area (Å²) in [4.78, 5) is 25.6. The fraction of sp³-hybridized carbons (Fsp3) is 0.217. The van der Waals surface area contributed by atoms with E-state index in [9.17, 15) is 9.59 Å². The Labute approximate surface area is 183 Å². The van der Waals surface area contributed by atoms with Crippen molar-refractivity contribution < 1.29 is 14.3 Å². The first kappa shape index (κ1) is 20.2. The Kier molecular flexibility index (Phi) is 5.90. The van der Waals surface area contributed by atoms with Crippen molar-refractivity contribution in [2.45, 2.75) is 25.9 Å². The molecule has 3 aromatic carbocycles. The van der Waals surface area contributed by atoms with Crippen LogP contribution in [0.3, 0.4) is 0 Å². The van der Waals surface area contributed by atoms with E-state index < -0.39 is 5.91 Å². The number of hydrogen-bond donors (Lipinski definition) is 2. The number of halogens is 1. The van der Waals surface area contributed by atoms with E-state index in [1.54, 1.807) is 6.07 Å². The van der Waals surface area contributed by atoms with Crippen LogP contribution in [0.2, 0.25) is 0 Å². The van der Waals surface area contributed by atoms with E-state index in [2.05, 4.69) is 26.7 Å². The van der Waals surface area contributed by atoms with Crippen molar-refractivity contribution in [3.8, 4) is 5.75 Å². The van der Waals surface area contributed by atoms with Gasteiger partial charge in [0.2, 0.25) is 0 Å². The lowest BCUT2D eigenvalue weighted by atomic mass is 10.1. The minimum absolute atomic E-state index is 0.188. The van der Waals surface area contributed by atoms with Crippen LogP contribution in [0.25, 0.3) is 10.8 Å². The molecule has 1 aliphatic rings. The van der Waals surface area contributed by atoms with Crippen molar-refractivity contribution in [1.29, 1.82) is 0 Å². The van der Waals surface area contributed by atoms with E-state index in [-0.39, 0.29) is 18.7 Å². The highest BCUT2D eigenvalue weighted by atomic mass is 79.9. The van der Waals surface area contributed by atoms with Crippen LogP contribution in [0.1, 0.15) is 30.1 Å². The summed E-state index contributed by atoms with van der Waals surface area (Å²) in [5.41, 5.74) is 3.98. The number of carbonyl (C=O) groups excluding carboxylic acids is 2. The standard InChI is InChI=1S/C23H22BrN3O3/c1-2-5-21-25-20-11-9-17(24)13-19(20)23(29)27(21)26-22(28)14-30-18-10-8-15-6-3-4-7-16(15)12-18/h3-4,6-13,21,25H,2,5,14H2,1H3,(H,26,28). The summed E-state index contributed by atoms with van der Waals surface area (Å²) in [7, 11) is 0. The summed E-state index contributed by atoms with van der Waals surface area (Å²) >= 11 is 3.40. The predicted molar refractivity (Wildman–Crippen MR) is 120 cm³/mol. The molecule has 0 spiro atoms. The number of hydrazine groups is 1. The highest BCUT2D eigenvalue weighted by Crippen LogP contribution is 2.28. The molecule has 6 nitrogen and oxygen atoms in total. The number of fused-ring (bicyclic) bond motifs is 2. The van der Waals surface area contributed by atoms with Crippen molar-refractivity contribution in [2.24, 2.45) is 0 Å². The van der Waals surface area contributed by atoms with Crippen LogP contribution in [-0.2, 0) is 4.79 Å². The maximum Gasteiger partial charge on any atom is 0.276 e. The van der Waals surface area contributed by atoms with Gasteiger partial charge in [0.1, 0.15) is 11.9 Å². The lowest BCUT2D eigenvalue weighted by Crippen LogP contribution is -2.58. The molecule has 0 aliphatic carbocycles. The maximum atomic E-state index is 13.0. The van der Waals surface area contributed by atoms with Crippen LogP contribution in [0.5, 0.6) is 5.75 Å². The van der Waals surface area contributed by atoms with Gasteiger partial charge in [-0.1, -0.05) is 59.6 Å². The Balaban J connectivity index is 1.45. The first-order valence-corrected chi connectivity index (χ1v) is 10.6. The molecule has 1 heterocycles. The average molecular weight is 468 g/mol. The number of nitrogens with one attached hydrogen (secondary N) is 2. The van der Waals surface area contributed by atoms with E-state index in [1.807, 2.05) is 61.5 Å². The number of anilines is 1. The van der Waals surface area contributed by atoms with Crippen molar-refractivity contribution in [3.05, 3.63) is 70.7 Å². The molecule has 0 aromatic heterocycles. The molecular weight excluding hydrogens is 446 g/mol. The van der Waals surface area contributed by atoms with E-state index in [4.69, 9.17) is 4.74 Å². The van der Waals surface area contributed by atoms with Crippen LogP contribution in [0.15, 0.2) is 65.1 Å². The normalized spacial score (nSPS) is 15.5. The zero-order valence-electron chi connectivity index (χ0n) is 16.5. The zero-order chi connectivity index (χ0) is 21.1. The van der Waals surface area contributed by atoms with Crippen LogP contribution in [0, 0.1) is 0 Å². The molecule has 1 atom stereocenters. The summed E-state index contributed by atoms with van der Waals surface area (Å²) in [5.74, 6) is -0.0354. The van der Waals surface area contributed by atoms with Gasteiger partial charge in [0.05, 0.1) is 5.56 Å². The molecule has 3 aromatic rings. The fourth-order valence-electron chi connectivity index (χ4n) is 3.51. The number of amides is 2. The number of nitrogens with zero attached hydrogens (tertiary/aromatic N) is 1.